The van der Waals surface area contributed by atoms with Crippen LogP contribution in [-0.4, -0.2) is 22.2 Å². The summed E-state index contributed by atoms with van der Waals surface area (Å²) in [5, 5.41) is 11.1. The minimum absolute atomic E-state index is 0.282. The molecule has 1 N–H and O–H groups in total. The van der Waals surface area contributed by atoms with E-state index in [1.54, 1.807) is 11.8 Å². The standard InChI is InChI=1S/C12H17ClOS/c1-9(2)15-8-12(14)7-10-4-3-5-11(13)6-10/h3-6,9,12,14H,7-8H2,1-2H3. The van der Waals surface area contributed by atoms with E-state index in [-0.39, 0.29) is 6.10 Å². The van der Waals surface area contributed by atoms with Gasteiger partial charge in [-0.05, 0) is 29.4 Å². The predicted octanol–water partition coefficient (Wildman–Crippen LogP) is 3.39. The Balaban J connectivity index is 2.40. The van der Waals surface area contributed by atoms with E-state index in [1.807, 2.05) is 24.3 Å². The lowest BCUT2D eigenvalue weighted by Gasteiger charge is -2.12. The number of thioether (sulfide) groups is 1. The second-order valence-electron chi connectivity index (χ2n) is 3.87. The number of benzene rings is 1. The summed E-state index contributed by atoms with van der Waals surface area (Å²) in [6.45, 7) is 4.27. The molecule has 0 aliphatic carbocycles. The van der Waals surface area contributed by atoms with Crippen LogP contribution in [0.2, 0.25) is 5.02 Å². The van der Waals surface area contributed by atoms with E-state index in [1.165, 1.54) is 0 Å². The molecule has 84 valence electrons. The summed E-state index contributed by atoms with van der Waals surface area (Å²) < 4.78 is 0. The minimum atomic E-state index is -0.282. The number of aliphatic hydroxyl groups is 1. The molecule has 1 unspecified atom stereocenters. The molecule has 0 heterocycles. The number of hydrogen-bond donors (Lipinski definition) is 1. The van der Waals surface area contributed by atoms with Crippen molar-refractivity contribution in [1.82, 2.24) is 0 Å². The zero-order valence-corrected chi connectivity index (χ0v) is 10.7. The van der Waals surface area contributed by atoms with Crippen molar-refractivity contribution in [2.45, 2.75) is 31.6 Å². The van der Waals surface area contributed by atoms with Gasteiger partial charge in [-0.2, -0.15) is 11.8 Å². The van der Waals surface area contributed by atoms with Crippen molar-refractivity contribution < 1.29 is 5.11 Å². The van der Waals surface area contributed by atoms with Gasteiger partial charge in [0.05, 0.1) is 6.10 Å². The van der Waals surface area contributed by atoms with Gasteiger partial charge in [-0.1, -0.05) is 37.6 Å². The monoisotopic (exact) mass is 244 g/mol. The summed E-state index contributed by atoms with van der Waals surface area (Å²) in [4.78, 5) is 0. The molecular formula is C12H17ClOS. The molecular weight excluding hydrogens is 228 g/mol. The van der Waals surface area contributed by atoms with Crippen LogP contribution < -0.4 is 0 Å². The van der Waals surface area contributed by atoms with Crippen molar-refractivity contribution in [3.05, 3.63) is 34.9 Å². The van der Waals surface area contributed by atoms with Crippen molar-refractivity contribution in [3.63, 3.8) is 0 Å². The van der Waals surface area contributed by atoms with Crippen LogP contribution in [0.4, 0.5) is 0 Å². The molecule has 0 amide bonds. The van der Waals surface area contributed by atoms with Gasteiger partial charge >= 0.3 is 0 Å². The van der Waals surface area contributed by atoms with Gasteiger partial charge in [0.25, 0.3) is 0 Å². The lowest BCUT2D eigenvalue weighted by molar-refractivity contribution is 0.200. The Kier molecular flexibility index (Phi) is 5.51. The third kappa shape index (κ3) is 5.45. The predicted molar refractivity (Wildman–Crippen MR) is 68.8 cm³/mol. The zero-order valence-electron chi connectivity index (χ0n) is 9.11. The Morgan fingerprint density at radius 3 is 2.73 bits per heavy atom. The first-order valence-electron chi connectivity index (χ1n) is 5.12. The van der Waals surface area contributed by atoms with E-state index >= 15 is 0 Å². The van der Waals surface area contributed by atoms with Gasteiger partial charge in [-0.25, -0.2) is 0 Å². The Bertz CT molecular complexity index is 301. The van der Waals surface area contributed by atoms with E-state index < -0.39 is 0 Å². The lowest BCUT2D eigenvalue weighted by atomic mass is 10.1. The van der Waals surface area contributed by atoms with E-state index in [0.29, 0.717) is 11.7 Å². The first-order chi connectivity index (χ1) is 7.08. The number of hydrogen-bond acceptors (Lipinski definition) is 2. The van der Waals surface area contributed by atoms with Gasteiger partial charge in [0, 0.05) is 10.8 Å². The van der Waals surface area contributed by atoms with E-state index in [4.69, 9.17) is 11.6 Å². The van der Waals surface area contributed by atoms with Crippen LogP contribution in [0.25, 0.3) is 0 Å². The summed E-state index contributed by atoms with van der Waals surface area (Å²) in [6, 6.07) is 7.67. The molecule has 0 aliphatic heterocycles. The fourth-order valence-corrected chi connectivity index (χ4v) is 2.24. The number of rotatable bonds is 5. The molecule has 15 heavy (non-hydrogen) atoms. The van der Waals surface area contributed by atoms with Crippen molar-refractivity contribution >= 4 is 23.4 Å². The fraction of sp³-hybridized carbons (Fsp3) is 0.500. The Morgan fingerprint density at radius 2 is 2.13 bits per heavy atom. The van der Waals surface area contributed by atoms with E-state index in [0.717, 1.165) is 16.3 Å². The second kappa shape index (κ2) is 6.41. The first kappa shape index (κ1) is 12.9. The summed E-state index contributed by atoms with van der Waals surface area (Å²) in [6.07, 6.45) is 0.399. The molecule has 1 rings (SSSR count). The van der Waals surface area contributed by atoms with Crippen molar-refractivity contribution in [1.29, 1.82) is 0 Å². The maximum absolute atomic E-state index is 9.78. The van der Waals surface area contributed by atoms with Crippen LogP contribution in [0, 0.1) is 0 Å². The largest absolute Gasteiger partial charge is 0.392 e. The van der Waals surface area contributed by atoms with Crippen LogP contribution in [0.1, 0.15) is 19.4 Å². The highest BCUT2D eigenvalue weighted by atomic mass is 35.5. The smallest absolute Gasteiger partial charge is 0.0670 e. The molecule has 0 aromatic heterocycles. The summed E-state index contributed by atoms with van der Waals surface area (Å²) in [5.74, 6) is 0.782. The van der Waals surface area contributed by atoms with Crippen LogP contribution in [-0.2, 0) is 6.42 Å². The van der Waals surface area contributed by atoms with Crippen molar-refractivity contribution in [3.8, 4) is 0 Å². The Labute approximate surface area is 101 Å². The van der Waals surface area contributed by atoms with Gasteiger partial charge < -0.3 is 5.11 Å². The highest BCUT2D eigenvalue weighted by Gasteiger charge is 2.07. The SMILES string of the molecule is CC(C)SCC(O)Cc1cccc(Cl)c1. The Hall–Kier alpha value is -0.180. The van der Waals surface area contributed by atoms with Gasteiger partial charge in [-0.15, -0.1) is 0 Å². The van der Waals surface area contributed by atoms with Crippen molar-refractivity contribution in [2.24, 2.45) is 0 Å². The average Bonchev–Trinajstić information content (AvgIpc) is 2.15. The van der Waals surface area contributed by atoms with Gasteiger partial charge in [0.15, 0.2) is 0 Å². The molecule has 1 aromatic carbocycles. The summed E-state index contributed by atoms with van der Waals surface area (Å²) >= 11 is 7.65. The molecule has 0 saturated carbocycles. The quantitative estimate of drug-likeness (QED) is 0.857. The third-order valence-electron chi connectivity index (χ3n) is 1.98. The summed E-state index contributed by atoms with van der Waals surface area (Å²) in [7, 11) is 0. The average molecular weight is 245 g/mol. The van der Waals surface area contributed by atoms with Crippen LogP contribution in [0.15, 0.2) is 24.3 Å². The fourth-order valence-electron chi connectivity index (χ4n) is 1.30. The second-order valence-corrected chi connectivity index (χ2v) is 5.92. The first-order valence-corrected chi connectivity index (χ1v) is 6.54. The highest BCUT2D eigenvalue weighted by Crippen LogP contribution is 2.16. The molecule has 0 aliphatic rings. The molecule has 0 fully saturated rings. The van der Waals surface area contributed by atoms with Gasteiger partial charge in [0.1, 0.15) is 0 Å². The topological polar surface area (TPSA) is 20.2 Å². The molecule has 1 atom stereocenters. The molecule has 3 heteroatoms. The zero-order chi connectivity index (χ0) is 11.3. The van der Waals surface area contributed by atoms with Crippen LogP contribution in [0.3, 0.4) is 0 Å². The van der Waals surface area contributed by atoms with Crippen LogP contribution >= 0.6 is 23.4 Å². The van der Waals surface area contributed by atoms with Crippen LogP contribution in [0.5, 0.6) is 0 Å². The molecule has 0 spiro atoms. The molecule has 1 nitrogen and oxygen atoms in total. The maximum atomic E-state index is 9.78. The van der Waals surface area contributed by atoms with Gasteiger partial charge in [-0.3, -0.25) is 0 Å². The molecule has 0 saturated heterocycles. The van der Waals surface area contributed by atoms with E-state index in [2.05, 4.69) is 13.8 Å². The third-order valence-corrected chi connectivity index (χ3v) is 3.46. The summed E-state index contributed by atoms with van der Waals surface area (Å²) in [5.41, 5.74) is 1.10. The van der Waals surface area contributed by atoms with E-state index in [9.17, 15) is 5.11 Å². The number of halogens is 1. The molecule has 0 radical (unpaired) electrons. The lowest BCUT2D eigenvalue weighted by Crippen LogP contribution is -2.14. The Morgan fingerprint density at radius 1 is 1.40 bits per heavy atom. The van der Waals surface area contributed by atoms with Crippen molar-refractivity contribution in [2.75, 3.05) is 5.75 Å². The van der Waals surface area contributed by atoms with Gasteiger partial charge in [0.2, 0.25) is 0 Å². The normalized spacial score (nSPS) is 13.1. The molecule has 0 bridgehead atoms. The molecule has 1 aromatic rings. The minimum Gasteiger partial charge on any atom is -0.392 e. The number of aliphatic hydroxyl groups excluding tert-OH is 1. The highest BCUT2D eigenvalue weighted by molar-refractivity contribution is 7.99. The maximum Gasteiger partial charge on any atom is 0.0670 e.